The summed E-state index contributed by atoms with van der Waals surface area (Å²) in [6, 6.07) is 3.46. The fourth-order valence-corrected chi connectivity index (χ4v) is 2.80. The van der Waals surface area contributed by atoms with Crippen molar-refractivity contribution >= 4 is 15.7 Å². The van der Waals surface area contributed by atoms with Crippen LogP contribution in [0.4, 0.5) is 10.1 Å². The Hall–Kier alpha value is -1.14. The first-order valence-electron chi connectivity index (χ1n) is 4.97. The molecule has 4 nitrogen and oxygen atoms in total. The molecule has 88 valence electrons. The number of hydrogen-bond acceptors (Lipinski definition) is 3. The first-order chi connectivity index (χ1) is 7.40. The highest BCUT2D eigenvalue weighted by Gasteiger charge is 2.36. The SMILES string of the molecule is CC1CC1NS(=O)(=O)c1ccc(N)c(F)c1. The molecule has 2 rings (SSSR count). The molecule has 0 aromatic heterocycles. The second-order valence-corrected chi connectivity index (χ2v) is 5.84. The van der Waals surface area contributed by atoms with Crippen LogP contribution in [0.5, 0.6) is 0 Å². The van der Waals surface area contributed by atoms with E-state index in [1.54, 1.807) is 0 Å². The average Bonchev–Trinajstić information content (AvgIpc) is 2.85. The summed E-state index contributed by atoms with van der Waals surface area (Å²) in [5.74, 6) is -0.361. The van der Waals surface area contributed by atoms with Crippen molar-refractivity contribution in [3.63, 3.8) is 0 Å². The number of anilines is 1. The Morgan fingerprint density at radius 2 is 2.12 bits per heavy atom. The number of halogens is 1. The van der Waals surface area contributed by atoms with E-state index in [0.29, 0.717) is 5.92 Å². The van der Waals surface area contributed by atoms with Crippen molar-refractivity contribution in [3.8, 4) is 0 Å². The molecule has 1 saturated carbocycles. The van der Waals surface area contributed by atoms with Crippen molar-refractivity contribution < 1.29 is 12.8 Å². The third-order valence-electron chi connectivity index (χ3n) is 2.70. The van der Waals surface area contributed by atoms with Gasteiger partial charge in [-0.1, -0.05) is 6.92 Å². The molecule has 1 aromatic rings. The molecule has 0 bridgehead atoms. The Morgan fingerprint density at radius 1 is 1.50 bits per heavy atom. The summed E-state index contributed by atoms with van der Waals surface area (Å²) in [6.45, 7) is 1.96. The van der Waals surface area contributed by atoms with Gasteiger partial charge in [-0.15, -0.1) is 0 Å². The summed E-state index contributed by atoms with van der Waals surface area (Å²) in [5.41, 5.74) is 5.22. The van der Waals surface area contributed by atoms with E-state index in [4.69, 9.17) is 5.73 Å². The number of nitrogen functional groups attached to an aromatic ring is 1. The molecule has 1 aromatic carbocycles. The van der Waals surface area contributed by atoms with Crippen molar-refractivity contribution in [2.75, 3.05) is 5.73 Å². The third kappa shape index (κ3) is 2.17. The molecular weight excluding hydrogens is 231 g/mol. The van der Waals surface area contributed by atoms with Gasteiger partial charge in [0.25, 0.3) is 0 Å². The summed E-state index contributed by atoms with van der Waals surface area (Å²) < 4.78 is 39.2. The first-order valence-corrected chi connectivity index (χ1v) is 6.46. The van der Waals surface area contributed by atoms with Gasteiger partial charge in [0.05, 0.1) is 10.6 Å². The second-order valence-electron chi connectivity index (χ2n) is 4.12. The molecule has 0 saturated heterocycles. The van der Waals surface area contributed by atoms with Gasteiger partial charge in [-0.05, 0) is 30.5 Å². The van der Waals surface area contributed by atoms with Crippen LogP contribution in [0.2, 0.25) is 0 Å². The molecule has 6 heteroatoms. The number of nitrogens with two attached hydrogens (primary N) is 1. The van der Waals surface area contributed by atoms with Crippen molar-refractivity contribution in [2.45, 2.75) is 24.3 Å². The highest BCUT2D eigenvalue weighted by Crippen LogP contribution is 2.30. The Kier molecular flexibility index (Phi) is 2.63. The molecule has 1 aliphatic carbocycles. The molecule has 1 aliphatic rings. The van der Waals surface area contributed by atoms with E-state index in [9.17, 15) is 12.8 Å². The van der Waals surface area contributed by atoms with Crippen LogP contribution in [0, 0.1) is 11.7 Å². The highest BCUT2D eigenvalue weighted by atomic mass is 32.2. The van der Waals surface area contributed by atoms with E-state index in [1.165, 1.54) is 12.1 Å². The minimum Gasteiger partial charge on any atom is -0.396 e. The van der Waals surface area contributed by atoms with Gasteiger partial charge in [-0.2, -0.15) is 0 Å². The molecule has 2 unspecified atom stereocenters. The zero-order chi connectivity index (χ0) is 11.9. The van der Waals surface area contributed by atoms with Crippen LogP contribution >= 0.6 is 0 Å². The van der Waals surface area contributed by atoms with Gasteiger partial charge in [0, 0.05) is 6.04 Å². The highest BCUT2D eigenvalue weighted by molar-refractivity contribution is 7.89. The predicted molar refractivity (Wildman–Crippen MR) is 58.7 cm³/mol. The lowest BCUT2D eigenvalue weighted by Gasteiger charge is -2.06. The van der Waals surface area contributed by atoms with Crippen LogP contribution < -0.4 is 10.5 Å². The summed E-state index contributed by atoms with van der Waals surface area (Å²) >= 11 is 0. The molecule has 1 fully saturated rings. The van der Waals surface area contributed by atoms with Crippen LogP contribution in [0.25, 0.3) is 0 Å². The van der Waals surface area contributed by atoms with Gasteiger partial charge in [-0.25, -0.2) is 17.5 Å². The maximum absolute atomic E-state index is 13.1. The van der Waals surface area contributed by atoms with E-state index < -0.39 is 15.8 Å². The third-order valence-corrected chi connectivity index (χ3v) is 4.19. The van der Waals surface area contributed by atoms with Crippen LogP contribution in [-0.4, -0.2) is 14.5 Å². The zero-order valence-electron chi connectivity index (χ0n) is 8.77. The topological polar surface area (TPSA) is 72.2 Å². The Balaban J connectivity index is 2.25. The Bertz CT molecular complexity index is 516. The lowest BCUT2D eigenvalue weighted by Crippen LogP contribution is -2.26. The van der Waals surface area contributed by atoms with Crippen LogP contribution in [-0.2, 0) is 10.0 Å². The first kappa shape index (κ1) is 11.3. The number of hydrogen-bond donors (Lipinski definition) is 2. The van der Waals surface area contributed by atoms with E-state index >= 15 is 0 Å². The normalized spacial score (nSPS) is 24.4. The van der Waals surface area contributed by atoms with Crippen LogP contribution in [0.1, 0.15) is 13.3 Å². The van der Waals surface area contributed by atoms with Gasteiger partial charge >= 0.3 is 0 Å². The quantitative estimate of drug-likeness (QED) is 0.782. The largest absolute Gasteiger partial charge is 0.396 e. The van der Waals surface area contributed by atoms with E-state index in [1.807, 2.05) is 6.92 Å². The Morgan fingerprint density at radius 3 is 2.62 bits per heavy atom. The molecule has 0 radical (unpaired) electrons. The average molecular weight is 244 g/mol. The maximum atomic E-state index is 13.1. The number of nitrogens with one attached hydrogen (secondary N) is 1. The van der Waals surface area contributed by atoms with Gasteiger partial charge in [0.2, 0.25) is 10.0 Å². The van der Waals surface area contributed by atoms with E-state index in [2.05, 4.69) is 4.72 Å². The van der Waals surface area contributed by atoms with Gasteiger partial charge < -0.3 is 5.73 Å². The minimum absolute atomic E-state index is 0.0226. The smallest absolute Gasteiger partial charge is 0.240 e. The molecule has 0 heterocycles. The fraction of sp³-hybridized carbons (Fsp3) is 0.400. The number of benzene rings is 1. The summed E-state index contributed by atoms with van der Waals surface area (Å²) in [6.07, 6.45) is 0.830. The van der Waals surface area contributed by atoms with Gasteiger partial charge in [0.15, 0.2) is 0 Å². The molecule has 0 aliphatic heterocycles. The summed E-state index contributed by atoms with van der Waals surface area (Å²) in [7, 11) is -3.61. The van der Waals surface area contributed by atoms with Crippen molar-refractivity contribution in [3.05, 3.63) is 24.0 Å². The van der Waals surface area contributed by atoms with Gasteiger partial charge in [0.1, 0.15) is 5.82 Å². The molecular formula is C10H13FN2O2S. The number of sulfonamides is 1. The lowest BCUT2D eigenvalue weighted by atomic mass is 10.3. The van der Waals surface area contributed by atoms with E-state index in [-0.39, 0.29) is 16.6 Å². The Labute approximate surface area is 93.7 Å². The molecule has 0 amide bonds. The number of rotatable bonds is 3. The molecule has 16 heavy (non-hydrogen) atoms. The molecule has 0 spiro atoms. The monoisotopic (exact) mass is 244 g/mol. The van der Waals surface area contributed by atoms with Crippen LogP contribution in [0.3, 0.4) is 0 Å². The zero-order valence-corrected chi connectivity index (χ0v) is 9.59. The molecule has 3 N–H and O–H groups in total. The molecule has 2 atom stereocenters. The minimum atomic E-state index is -3.61. The maximum Gasteiger partial charge on any atom is 0.240 e. The lowest BCUT2D eigenvalue weighted by molar-refractivity contribution is 0.575. The standard InChI is InChI=1S/C10H13FN2O2S/c1-6-4-10(6)13-16(14,15)7-2-3-9(12)8(11)5-7/h2-3,5-6,10,13H,4,12H2,1H3. The van der Waals surface area contributed by atoms with Crippen molar-refractivity contribution in [2.24, 2.45) is 5.92 Å². The second kappa shape index (κ2) is 3.71. The predicted octanol–water partition coefficient (Wildman–Crippen LogP) is 1.09. The summed E-state index contributed by atoms with van der Waals surface area (Å²) in [4.78, 5) is -0.0849. The summed E-state index contributed by atoms with van der Waals surface area (Å²) in [5, 5.41) is 0. The van der Waals surface area contributed by atoms with E-state index in [0.717, 1.165) is 12.5 Å². The van der Waals surface area contributed by atoms with Crippen molar-refractivity contribution in [1.82, 2.24) is 4.72 Å². The van der Waals surface area contributed by atoms with Crippen LogP contribution in [0.15, 0.2) is 23.1 Å². The van der Waals surface area contributed by atoms with Gasteiger partial charge in [-0.3, -0.25) is 0 Å². The van der Waals surface area contributed by atoms with Crippen molar-refractivity contribution in [1.29, 1.82) is 0 Å². The fourth-order valence-electron chi connectivity index (χ4n) is 1.43.